The normalized spacial score (nSPS) is 18.4. The number of pyridine rings is 1. The lowest BCUT2D eigenvalue weighted by molar-refractivity contribution is -0.120. The summed E-state index contributed by atoms with van der Waals surface area (Å²) in [6.45, 7) is 4.13. The van der Waals surface area contributed by atoms with Crippen LogP contribution in [0.1, 0.15) is 17.5 Å². The lowest BCUT2D eigenvalue weighted by Gasteiger charge is -2.41. The van der Waals surface area contributed by atoms with Gasteiger partial charge in [-0.3, -0.25) is 19.6 Å². The highest BCUT2D eigenvalue weighted by atomic mass is 35.5. The second kappa shape index (κ2) is 9.17. The first-order chi connectivity index (χ1) is 13.0. The third-order valence-electron chi connectivity index (χ3n) is 4.86. The summed E-state index contributed by atoms with van der Waals surface area (Å²) in [6, 6.07) is 9.90. The van der Waals surface area contributed by atoms with Crippen molar-refractivity contribution in [3.8, 4) is 5.75 Å². The standard InChI is InChI=1S/C20H25ClN4O2/c1-27-19-5-4-15(9-18(19)21)13-25-8-7-24(14-17(25)10-20(22)26)12-16-3-2-6-23-11-16/h2-6,9,11,17H,7-8,10,12-14H2,1H3,(H2,22,26). The summed E-state index contributed by atoms with van der Waals surface area (Å²) in [6.07, 6.45) is 4.00. The van der Waals surface area contributed by atoms with Gasteiger partial charge in [0.05, 0.1) is 12.1 Å². The number of carbonyl (C=O) groups is 1. The Hall–Kier alpha value is -2.15. The number of primary amides is 1. The molecule has 2 N–H and O–H groups in total. The van der Waals surface area contributed by atoms with Crippen LogP contribution in [-0.4, -0.2) is 53.5 Å². The number of aromatic nitrogens is 1. The van der Waals surface area contributed by atoms with Gasteiger partial charge in [0.15, 0.2) is 0 Å². The van der Waals surface area contributed by atoms with E-state index in [9.17, 15) is 4.79 Å². The number of rotatable bonds is 7. The number of amides is 1. The van der Waals surface area contributed by atoms with Crippen LogP contribution in [0.5, 0.6) is 5.75 Å². The van der Waals surface area contributed by atoms with Gasteiger partial charge in [0, 0.05) is 57.6 Å². The molecule has 1 saturated heterocycles. The highest BCUT2D eigenvalue weighted by molar-refractivity contribution is 6.32. The van der Waals surface area contributed by atoms with Gasteiger partial charge in [-0.05, 0) is 29.3 Å². The zero-order valence-electron chi connectivity index (χ0n) is 15.5. The Kier molecular flexibility index (Phi) is 6.66. The van der Waals surface area contributed by atoms with Crippen molar-refractivity contribution in [1.82, 2.24) is 14.8 Å². The lowest BCUT2D eigenvalue weighted by Crippen LogP contribution is -2.53. The molecule has 1 atom stereocenters. The van der Waals surface area contributed by atoms with Gasteiger partial charge in [-0.1, -0.05) is 23.7 Å². The van der Waals surface area contributed by atoms with E-state index in [1.54, 1.807) is 13.3 Å². The first-order valence-corrected chi connectivity index (χ1v) is 9.39. The quantitative estimate of drug-likeness (QED) is 0.788. The fraction of sp³-hybridized carbons (Fsp3) is 0.400. The summed E-state index contributed by atoms with van der Waals surface area (Å²) >= 11 is 6.25. The van der Waals surface area contributed by atoms with E-state index in [0.29, 0.717) is 17.2 Å². The maximum atomic E-state index is 11.6. The summed E-state index contributed by atoms with van der Waals surface area (Å²) in [5, 5.41) is 0.594. The van der Waals surface area contributed by atoms with Gasteiger partial charge >= 0.3 is 0 Å². The molecule has 2 heterocycles. The van der Waals surface area contributed by atoms with Crippen LogP contribution in [0.3, 0.4) is 0 Å². The molecule has 0 saturated carbocycles. The molecule has 0 radical (unpaired) electrons. The Morgan fingerprint density at radius 2 is 2.15 bits per heavy atom. The molecule has 6 nitrogen and oxygen atoms in total. The van der Waals surface area contributed by atoms with E-state index in [2.05, 4.69) is 20.9 Å². The van der Waals surface area contributed by atoms with Gasteiger partial charge in [-0.15, -0.1) is 0 Å². The Labute approximate surface area is 164 Å². The molecule has 3 rings (SSSR count). The van der Waals surface area contributed by atoms with Gasteiger partial charge in [0.2, 0.25) is 5.91 Å². The number of methoxy groups -OCH3 is 1. The van der Waals surface area contributed by atoms with Crippen LogP contribution < -0.4 is 10.5 Å². The number of halogens is 1. The Morgan fingerprint density at radius 3 is 2.81 bits per heavy atom. The molecule has 1 aromatic heterocycles. The van der Waals surface area contributed by atoms with Gasteiger partial charge in [0.1, 0.15) is 5.75 Å². The van der Waals surface area contributed by atoms with E-state index in [1.165, 1.54) is 5.56 Å². The molecule has 1 aliphatic rings. The van der Waals surface area contributed by atoms with Crippen LogP contribution in [-0.2, 0) is 17.9 Å². The van der Waals surface area contributed by atoms with Crippen molar-refractivity contribution in [3.63, 3.8) is 0 Å². The summed E-state index contributed by atoms with van der Waals surface area (Å²) in [7, 11) is 1.60. The molecule has 144 valence electrons. The first kappa shape index (κ1) is 19.6. The minimum absolute atomic E-state index is 0.0776. The van der Waals surface area contributed by atoms with Crippen LogP contribution in [0.2, 0.25) is 5.02 Å². The first-order valence-electron chi connectivity index (χ1n) is 9.01. The second-order valence-electron chi connectivity index (χ2n) is 6.86. The fourth-order valence-corrected chi connectivity index (χ4v) is 3.81. The van der Waals surface area contributed by atoms with Crippen molar-refractivity contribution < 1.29 is 9.53 Å². The maximum absolute atomic E-state index is 11.6. The molecule has 0 spiro atoms. The average Bonchev–Trinajstić information content (AvgIpc) is 2.64. The Bertz CT molecular complexity index is 772. The number of hydrogen-bond acceptors (Lipinski definition) is 5. The predicted octanol–water partition coefficient (Wildman–Crippen LogP) is 2.31. The van der Waals surface area contributed by atoms with Crippen LogP contribution in [0.4, 0.5) is 0 Å². The number of benzene rings is 1. The van der Waals surface area contributed by atoms with Gasteiger partial charge in [-0.25, -0.2) is 0 Å². The largest absolute Gasteiger partial charge is 0.495 e. The summed E-state index contributed by atoms with van der Waals surface area (Å²) in [5.74, 6) is 0.386. The minimum atomic E-state index is -0.277. The molecule has 1 amide bonds. The van der Waals surface area contributed by atoms with Gasteiger partial charge in [-0.2, -0.15) is 0 Å². The van der Waals surface area contributed by atoms with Crippen LogP contribution >= 0.6 is 11.6 Å². The molecule has 0 bridgehead atoms. The van der Waals surface area contributed by atoms with Crippen molar-refractivity contribution in [2.24, 2.45) is 5.73 Å². The van der Waals surface area contributed by atoms with E-state index in [-0.39, 0.29) is 11.9 Å². The molecular formula is C20H25ClN4O2. The van der Waals surface area contributed by atoms with Gasteiger partial charge < -0.3 is 10.5 Å². The van der Waals surface area contributed by atoms with E-state index < -0.39 is 0 Å². The topological polar surface area (TPSA) is 71.7 Å². The third kappa shape index (κ3) is 5.42. The Balaban J connectivity index is 1.67. The average molecular weight is 389 g/mol. The molecule has 1 aliphatic heterocycles. The van der Waals surface area contributed by atoms with Crippen LogP contribution in [0, 0.1) is 0 Å². The number of hydrogen-bond donors (Lipinski definition) is 1. The lowest BCUT2D eigenvalue weighted by atomic mass is 10.1. The monoisotopic (exact) mass is 388 g/mol. The molecule has 7 heteroatoms. The third-order valence-corrected chi connectivity index (χ3v) is 5.15. The number of nitrogens with two attached hydrogens (primary N) is 1. The van der Waals surface area contributed by atoms with Crippen LogP contribution in [0.15, 0.2) is 42.7 Å². The molecule has 2 aromatic rings. The molecule has 1 aromatic carbocycles. The van der Waals surface area contributed by atoms with Crippen molar-refractivity contribution in [3.05, 3.63) is 58.9 Å². The van der Waals surface area contributed by atoms with Crippen molar-refractivity contribution >= 4 is 17.5 Å². The Morgan fingerprint density at radius 1 is 1.30 bits per heavy atom. The molecule has 0 aliphatic carbocycles. The number of carbonyl (C=O) groups excluding carboxylic acids is 1. The van der Waals surface area contributed by atoms with Crippen molar-refractivity contribution in [2.45, 2.75) is 25.6 Å². The SMILES string of the molecule is COc1ccc(CN2CCN(Cc3cccnc3)CC2CC(N)=O)cc1Cl. The van der Waals surface area contributed by atoms with Gasteiger partial charge in [0.25, 0.3) is 0 Å². The molecule has 27 heavy (non-hydrogen) atoms. The van der Waals surface area contributed by atoms with E-state index in [1.807, 2.05) is 30.5 Å². The number of ether oxygens (including phenoxy) is 1. The highest BCUT2D eigenvalue weighted by Gasteiger charge is 2.28. The number of nitrogens with zero attached hydrogens (tertiary/aromatic N) is 3. The van der Waals surface area contributed by atoms with Crippen molar-refractivity contribution in [2.75, 3.05) is 26.7 Å². The number of piperazine rings is 1. The summed E-state index contributed by atoms with van der Waals surface area (Å²) in [4.78, 5) is 20.4. The molecule has 1 unspecified atom stereocenters. The fourth-order valence-electron chi connectivity index (χ4n) is 3.53. The maximum Gasteiger partial charge on any atom is 0.219 e. The smallest absolute Gasteiger partial charge is 0.219 e. The second-order valence-corrected chi connectivity index (χ2v) is 7.27. The highest BCUT2D eigenvalue weighted by Crippen LogP contribution is 2.26. The van der Waals surface area contributed by atoms with Crippen LogP contribution in [0.25, 0.3) is 0 Å². The summed E-state index contributed by atoms with van der Waals surface area (Å²) < 4.78 is 5.22. The summed E-state index contributed by atoms with van der Waals surface area (Å²) in [5.41, 5.74) is 7.77. The minimum Gasteiger partial charge on any atom is -0.495 e. The van der Waals surface area contributed by atoms with Crippen molar-refractivity contribution in [1.29, 1.82) is 0 Å². The zero-order valence-corrected chi connectivity index (χ0v) is 16.2. The molecular weight excluding hydrogens is 364 g/mol. The van der Waals surface area contributed by atoms with E-state index >= 15 is 0 Å². The molecule has 1 fully saturated rings. The zero-order chi connectivity index (χ0) is 19.2. The van der Waals surface area contributed by atoms with E-state index in [4.69, 9.17) is 22.1 Å². The predicted molar refractivity (Wildman–Crippen MR) is 106 cm³/mol. The van der Waals surface area contributed by atoms with E-state index in [0.717, 1.165) is 38.3 Å².